The minimum absolute atomic E-state index is 0.0939. The number of aromatic nitrogens is 1. The van der Waals surface area contributed by atoms with E-state index >= 15 is 0 Å². The molecule has 1 aliphatic rings. The minimum Gasteiger partial charge on any atom is -0.395 e. The van der Waals surface area contributed by atoms with E-state index in [0.717, 1.165) is 36.1 Å². The molecule has 0 saturated heterocycles. The van der Waals surface area contributed by atoms with Crippen LogP contribution in [0.1, 0.15) is 5.56 Å². The third-order valence-corrected chi connectivity index (χ3v) is 7.00. The van der Waals surface area contributed by atoms with Crippen molar-refractivity contribution >= 4 is 66.3 Å². The van der Waals surface area contributed by atoms with Gasteiger partial charge in [0.25, 0.3) is 0 Å². The number of thioether (sulfide) groups is 1. The van der Waals surface area contributed by atoms with Gasteiger partial charge in [-0.3, -0.25) is 0 Å². The molecule has 0 unspecified atom stereocenters. The number of anilines is 1. The van der Waals surface area contributed by atoms with Crippen LogP contribution < -0.4 is 9.47 Å². The van der Waals surface area contributed by atoms with Gasteiger partial charge >= 0.3 is 0 Å². The summed E-state index contributed by atoms with van der Waals surface area (Å²) in [5.74, 6) is 0. The number of halogens is 2. The third kappa shape index (κ3) is 4.50. The van der Waals surface area contributed by atoms with E-state index < -0.39 is 0 Å². The van der Waals surface area contributed by atoms with Crippen LogP contribution in [0, 0.1) is 0 Å². The number of nitrogens with zero attached hydrogens (tertiary/aromatic N) is 2. The summed E-state index contributed by atoms with van der Waals surface area (Å²) in [6.07, 6.45) is 8.26. The van der Waals surface area contributed by atoms with Crippen molar-refractivity contribution in [1.29, 1.82) is 0 Å². The zero-order valence-electron chi connectivity index (χ0n) is 16.1. The lowest BCUT2D eigenvalue weighted by Gasteiger charge is -2.18. The van der Waals surface area contributed by atoms with Gasteiger partial charge in [0.05, 0.1) is 22.7 Å². The van der Waals surface area contributed by atoms with Gasteiger partial charge in [-0.25, -0.2) is 0 Å². The molecule has 1 aliphatic heterocycles. The summed E-state index contributed by atoms with van der Waals surface area (Å²) in [7, 11) is 0. The number of aliphatic hydroxyl groups is 2. The molecule has 4 nitrogen and oxygen atoms in total. The maximum Gasteiger partial charge on any atom is 0.214 e. The second-order valence-corrected chi connectivity index (χ2v) is 9.70. The summed E-state index contributed by atoms with van der Waals surface area (Å²) in [5.41, 5.74) is 3.30. The monoisotopic (exact) mass is 547 g/mol. The van der Waals surface area contributed by atoms with Crippen LogP contribution >= 0.6 is 43.6 Å². The zero-order valence-corrected chi connectivity index (χ0v) is 20.1. The number of benzene rings is 2. The number of β-amino-alcohol motifs (C(OH)–C–C–N with tert-alkyl or cyclic N) is 1. The van der Waals surface area contributed by atoms with Crippen molar-refractivity contribution < 1.29 is 14.8 Å². The smallest absolute Gasteiger partial charge is 0.214 e. The standard InChI is InChI=1S/C23H21Br2N2O2S/c24-17-4-6-19-16(8-9-26(10-12-28)20(19)14-17)2-1-3-23-27(11-13-29)21-15-18(25)5-7-22(21)30-23/h1-9,14-15,28-29H,10-13H2/q+1. The lowest BCUT2D eigenvalue weighted by molar-refractivity contribution is -0.672. The van der Waals surface area contributed by atoms with Gasteiger partial charge in [-0.2, -0.15) is 4.57 Å². The molecule has 2 heterocycles. The van der Waals surface area contributed by atoms with Gasteiger partial charge in [-0.15, -0.1) is 0 Å². The van der Waals surface area contributed by atoms with Crippen molar-refractivity contribution in [2.24, 2.45) is 0 Å². The van der Waals surface area contributed by atoms with Crippen LogP contribution in [0.4, 0.5) is 5.69 Å². The van der Waals surface area contributed by atoms with E-state index in [4.69, 9.17) is 0 Å². The number of hydrogen-bond donors (Lipinski definition) is 2. The third-order valence-electron chi connectivity index (χ3n) is 4.89. The van der Waals surface area contributed by atoms with E-state index in [0.29, 0.717) is 13.1 Å². The van der Waals surface area contributed by atoms with Gasteiger partial charge < -0.3 is 15.1 Å². The van der Waals surface area contributed by atoms with Crippen molar-refractivity contribution in [2.45, 2.75) is 11.4 Å². The Morgan fingerprint density at radius 1 is 1.00 bits per heavy atom. The first-order valence-corrected chi connectivity index (χ1v) is 12.0. The number of aliphatic hydroxyl groups excluding tert-OH is 2. The molecule has 4 rings (SSSR count). The Morgan fingerprint density at radius 3 is 2.60 bits per heavy atom. The Bertz CT molecular complexity index is 1150. The lowest BCUT2D eigenvalue weighted by Crippen LogP contribution is -2.36. The average molecular weight is 549 g/mol. The Kier molecular flexibility index (Phi) is 6.95. The van der Waals surface area contributed by atoms with E-state index in [1.54, 1.807) is 11.8 Å². The molecule has 0 atom stereocenters. The van der Waals surface area contributed by atoms with Crippen LogP contribution in [-0.2, 0) is 6.54 Å². The fraction of sp³-hybridized carbons (Fsp3) is 0.174. The highest BCUT2D eigenvalue weighted by molar-refractivity contribution is 9.10. The maximum absolute atomic E-state index is 9.52. The second kappa shape index (κ2) is 9.66. The SMILES string of the molecule is OCCN1C(=CC=Cc2cc[n+](CCO)c3cc(Br)ccc23)Sc2ccc(Br)cc21. The van der Waals surface area contributed by atoms with Crippen LogP contribution in [0.2, 0.25) is 0 Å². The molecular weight excluding hydrogens is 528 g/mol. The van der Waals surface area contributed by atoms with E-state index in [2.05, 4.69) is 89.9 Å². The highest BCUT2D eigenvalue weighted by atomic mass is 79.9. The summed E-state index contributed by atoms with van der Waals surface area (Å²) in [5, 5.41) is 21.1. The van der Waals surface area contributed by atoms with Crippen LogP contribution in [0.3, 0.4) is 0 Å². The molecule has 0 aliphatic carbocycles. The van der Waals surface area contributed by atoms with E-state index in [1.807, 2.05) is 18.3 Å². The summed E-state index contributed by atoms with van der Waals surface area (Å²) < 4.78 is 4.09. The first kappa shape index (κ1) is 21.6. The molecule has 0 bridgehead atoms. The van der Waals surface area contributed by atoms with Crippen molar-refractivity contribution in [2.75, 3.05) is 24.7 Å². The van der Waals surface area contributed by atoms with Gasteiger partial charge in [-0.05, 0) is 42.0 Å². The minimum atomic E-state index is 0.0939. The van der Waals surface area contributed by atoms with Gasteiger partial charge in [0.2, 0.25) is 5.52 Å². The fourth-order valence-electron chi connectivity index (χ4n) is 3.54. The van der Waals surface area contributed by atoms with Crippen LogP contribution in [0.15, 0.2) is 79.7 Å². The highest BCUT2D eigenvalue weighted by Gasteiger charge is 2.24. The normalized spacial score (nSPS) is 14.9. The van der Waals surface area contributed by atoms with Crippen LogP contribution in [0.5, 0.6) is 0 Å². The molecule has 1 aromatic heterocycles. The molecule has 2 N–H and O–H groups in total. The number of allylic oxidation sites excluding steroid dienone is 2. The topological polar surface area (TPSA) is 47.6 Å². The fourth-order valence-corrected chi connectivity index (χ4v) is 5.32. The molecular formula is C23H21Br2N2O2S+. The predicted octanol–water partition coefficient (Wildman–Crippen LogP) is 5.10. The van der Waals surface area contributed by atoms with Gasteiger partial charge in [0, 0.05) is 32.5 Å². The Labute approximate surface area is 196 Å². The summed E-state index contributed by atoms with van der Waals surface area (Å²) in [6, 6.07) is 14.5. The zero-order chi connectivity index (χ0) is 21.1. The number of pyridine rings is 1. The van der Waals surface area contributed by atoms with E-state index in [-0.39, 0.29) is 13.2 Å². The quantitative estimate of drug-likeness (QED) is 0.420. The first-order chi connectivity index (χ1) is 14.6. The number of fused-ring (bicyclic) bond motifs is 2. The van der Waals surface area contributed by atoms with E-state index in [9.17, 15) is 10.2 Å². The Hall–Kier alpha value is -1.64. The molecule has 2 aromatic carbocycles. The molecule has 3 aromatic rings. The van der Waals surface area contributed by atoms with Gasteiger partial charge in [-0.1, -0.05) is 55.8 Å². The van der Waals surface area contributed by atoms with Crippen molar-refractivity contribution in [1.82, 2.24) is 0 Å². The number of rotatable bonds is 6. The highest BCUT2D eigenvalue weighted by Crippen LogP contribution is 2.46. The van der Waals surface area contributed by atoms with Crippen molar-refractivity contribution in [3.05, 3.63) is 80.4 Å². The molecule has 0 spiro atoms. The van der Waals surface area contributed by atoms with Crippen LogP contribution in [0.25, 0.3) is 17.0 Å². The van der Waals surface area contributed by atoms with Crippen LogP contribution in [-0.4, -0.2) is 30.0 Å². The molecule has 0 radical (unpaired) electrons. The second-order valence-electron chi connectivity index (χ2n) is 6.80. The lowest BCUT2D eigenvalue weighted by atomic mass is 10.1. The Morgan fingerprint density at radius 2 is 1.80 bits per heavy atom. The molecule has 0 fully saturated rings. The van der Waals surface area contributed by atoms with E-state index in [1.165, 1.54) is 4.90 Å². The average Bonchev–Trinajstić information content (AvgIpc) is 3.06. The molecule has 0 amide bonds. The molecule has 0 saturated carbocycles. The van der Waals surface area contributed by atoms with Gasteiger partial charge in [0.15, 0.2) is 12.7 Å². The summed E-state index contributed by atoms with van der Waals surface area (Å²) in [4.78, 5) is 3.33. The van der Waals surface area contributed by atoms with Gasteiger partial charge in [0.1, 0.15) is 6.61 Å². The Balaban J connectivity index is 1.66. The summed E-state index contributed by atoms with van der Waals surface area (Å²) in [6.45, 7) is 1.31. The number of hydrogen-bond acceptors (Lipinski definition) is 4. The molecule has 30 heavy (non-hydrogen) atoms. The maximum atomic E-state index is 9.52. The molecule has 7 heteroatoms. The van der Waals surface area contributed by atoms with Crippen molar-refractivity contribution in [3.8, 4) is 0 Å². The van der Waals surface area contributed by atoms with Crippen molar-refractivity contribution in [3.63, 3.8) is 0 Å². The largest absolute Gasteiger partial charge is 0.395 e. The summed E-state index contributed by atoms with van der Waals surface area (Å²) >= 11 is 8.79. The predicted molar refractivity (Wildman–Crippen MR) is 130 cm³/mol. The first-order valence-electron chi connectivity index (χ1n) is 9.57. The molecule has 154 valence electrons.